The lowest BCUT2D eigenvalue weighted by Crippen LogP contribution is -2.43. The molecule has 6 rings (SSSR count). The van der Waals surface area contributed by atoms with Crippen molar-refractivity contribution in [1.29, 1.82) is 0 Å². The lowest BCUT2D eigenvalue weighted by Gasteiger charge is -2.31. The van der Waals surface area contributed by atoms with Crippen molar-refractivity contribution in [2.45, 2.75) is 13.2 Å². The summed E-state index contributed by atoms with van der Waals surface area (Å²) in [6.45, 7) is 5.62. The van der Waals surface area contributed by atoms with Crippen molar-refractivity contribution in [2.75, 3.05) is 45.7 Å². The van der Waals surface area contributed by atoms with Gasteiger partial charge in [0.05, 0.1) is 28.7 Å². The smallest absolute Gasteiger partial charge is 0.151 e. The number of piperazine rings is 1. The first-order valence-electron chi connectivity index (χ1n) is 13.0. The van der Waals surface area contributed by atoms with Crippen LogP contribution >= 0.6 is 11.3 Å². The molecule has 1 aliphatic rings. The zero-order valence-electron chi connectivity index (χ0n) is 22.1. The number of ether oxygens (including phenoxy) is 2. The summed E-state index contributed by atoms with van der Waals surface area (Å²) in [4.78, 5) is 14.9. The summed E-state index contributed by atoms with van der Waals surface area (Å²) >= 11 is 1.63. The maximum Gasteiger partial charge on any atom is 0.151 e. The van der Waals surface area contributed by atoms with Gasteiger partial charge in [-0.15, -0.1) is 11.3 Å². The van der Waals surface area contributed by atoms with Crippen molar-refractivity contribution in [3.8, 4) is 22.1 Å². The van der Waals surface area contributed by atoms with Crippen molar-refractivity contribution >= 4 is 33.1 Å². The third-order valence-corrected chi connectivity index (χ3v) is 8.00. The lowest BCUT2D eigenvalue weighted by molar-refractivity contribution is 0.140. The Morgan fingerprint density at radius 2 is 1.79 bits per heavy atom. The number of nitrogens with zero attached hydrogens (tertiary/aromatic N) is 4. The zero-order valence-corrected chi connectivity index (χ0v) is 22.9. The van der Waals surface area contributed by atoms with Crippen LogP contribution in [0.1, 0.15) is 11.3 Å². The first-order valence-corrected chi connectivity index (χ1v) is 13.8. The quantitative estimate of drug-likeness (QED) is 0.242. The van der Waals surface area contributed by atoms with Gasteiger partial charge in [-0.25, -0.2) is 9.97 Å². The van der Waals surface area contributed by atoms with Crippen LogP contribution in [0.15, 0.2) is 77.5 Å². The third-order valence-electron chi connectivity index (χ3n) is 6.85. The Morgan fingerprint density at radius 1 is 0.949 bits per heavy atom. The van der Waals surface area contributed by atoms with E-state index in [1.54, 1.807) is 24.8 Å². The molecule has 0 bridgehead atoms. The molecule has 5 aromatic rings. The first-order chi connectivity index (χ1) is 19.1. The second kappa shape index (κ2) is 11.4. The van der Waals surface area contributed by atoms with E-state index in [-0.39, 0.29) is 0 Å². The SMILES string of the molecule is COc1ccc(COc2cccc(Nc3ncnc4cc(-c5ccc(CN6CCN(C)CC6)o5)sc34)c2)cc1. The van der Waals surface area contributed by atoms with Crippen LogP contribution < -0.4 is 14.8 Å². The summed E-state index contributed by atoms with van der Waals surface area (Å²) in [5, 5.41) is 3.45. The molecule has 0 spiro atoms. The number of anilines is 2. The number of aromatic nitrogens is 2. The van der Waals surface area contributed by atoms with E-state index in [1.807, 2.05) is 48.5 Å². The number of hydrogen-bond acceptors (Lipinski definition) is 9. The predicted octanol–water partition coefficient (Wildman–Crippen LogP) is 6.03. The van der Waals surface area contributed by atoms with E-state index in [0.29, 0.717) is 6.61 Å². The second-order valence-corrected chi connectivity index (χ2v) is 10.7. The van der Waals surface area contributed by atoms with Gasteiger partial charge in [-0.05, 0) is 55.1 Å². The molecule has 0 saturated carbocycles. The molecule has 1 fully saturated rings. The molecule has 1 N–H and O–H groups in total. The Balaban J connectivity index is 1.14. The van der Waals surface area contributed by atoms with Gasteiger partial charge in [0.1, 0.15) is 36.0 Å². The van der Waals surface area contributed by atoms with Crippen molar-refractivity contribution in [3.63, 3.8) is 0 Å². The minimum Gasteiger partial charge on any atom is -0.497 e. The van der Waals surface area contributed by atoms with Crippen molar-refractivity contribution < 1.29 is 13.9 Å². The van der Waals surface area contributed by atoms with E-state index in [2.05, 4.69) is 50.3 Å². The monoisotopic (exact) mass is 541 g/mol. The molecule has 0 atom stereocenters. The number of nitrogens with one attached hydrogen (secondary N) is 1. The zero-order chi connectivity index (χ0) is 26.6. The molecule has 0 amide bonds. The molecule has 0 aliphatic carbocycles. The molecule has 4 heterocycles. The molecule has 2 aromatic carbocycles. The Morgan fingerprint density at radius 3 is 2.62 bits per heavy atom. The maximum absolute atomic E-state index is 6.24. The van der Waals surface area contributed by atoms with Crippen molar-refractivity contribution in [3.05, 3.63) is 84.4 Å². The Labute approximate surface area is 231 Å². The lowest BCUT2D eigenvalue weighted by atomic mass is 10.2. The summed E-state index contributed by atoms with van der Waals surface area (Å²) in [6.07, 6.45) is 1.59. The fraction of sp³-hybridized carbons (Fsp3) is 0.267. The van der Waals surface area contributed by atoms with E-state index in [9.17, 15) is 0 Å². The Bertz CT molecular complexity index is 1540. The molecule has 8 nitrogen and oxygen atoms in total. The molecule has 0 unspecified atom stereocenters. The molecule has 0 radical (unpaired) electrons. The number of methoxy groups -OCH3 is 1. The van der Waals surface area contributed by atoms with Gasteiger partial charge in [0.15, 0.2) is 5.82 Å². The maximum atomic E-state index is 6.24. The number of thiophene rings is 1. The van der Waals surface area contributed by atoms with Crippen molar-refractivity contribution in [1.82, 2.24) is 19.8 Å². The van der Waals surface area contributed by atoms with E-state index in [4.69, 9.17) is 13.9 Å². The average molecular weight is 542 g/mol. The van der Waals surface area contributed by atoms with Crippen LogP contribution in [0.25, 0.3) is 20.9 Å². The highest BCUT2D eigenvalue weighted by Crippen LogP contribution is 2.37. The summed E-state index contributed by atoms with van der Waals surface area (Å²) in [5.74, 6) is 4.21. The van der Waals surface area contributed by atoms with Gasteiger partial charge in [-0.1, -0.05) is 18.2 Å². The second-order valence-electron chi connectivity index (χ2n) is 9.68. The molecule has 3 aromatic heterocycles. The van der Waals surface area contributed by atoms with E-state index in [0.717, 1.165) is 87.9 Å². The number of fused-ring (bicyclic) bond motifs is 1. The van der Waals surface area contributed by atoms with Gasteiger partial charge in [0.2, 0.25) is 0 Å². The average Bonchev–Trinajstić information content (AvgIpc) is 3.61. The molecule has 9 heteroatoms. The van der Waals surface area contributed by atoms with E-state index in [1.165, 1.54) is 0 Å². The fourth-order valence-corrected chi connectivity index (χ4v) is 5.59. The van der Waals surface area contributed by atoms with Crippen LogP contribution in [0.4, 0.5) is 11.5 Å². The number of hydrogen-bond donors (Lipinski definition) is 1. The van der Waals surface area contributed by atoms with Crippen LogP contribution in [0.5, 0.6) is 11.5 Å². The first kappa shape index (κ1) is 25.4. The highest BCUT2D eigenvalue weighted by atomic mass is 32.1. The Kier molecular flexibility index (Phi) is 7.44. The van der Waals surface area contributed by atoms with Gasteiger partial charge in [-0.3, -0.25) is 4.90 Å². The minimum atomic E-state index is 0.472. The highest BCUT2D eigenvalue weighted by molar-refractivity contribution is 7.22. The minimum absolute atomic E-state index is 0.472. The molecular weight excluding hydrogens is 510 g/mol. The van der Waals surface area contributed by atoms with Gasteiger partial charge in [0, 0.05) is 37.9 Å². The molecule has 200 valence electrons. The van der Waals surface area contributed by atoms with Gasteiger partial charge >= 0.3 is 0 Å². The van der Waals surface area contributed by atoms with Crippen LogP contribution in [-0.4, -0.2) is 60.1 Å². The predicted molar refractivity (Wildman–Crippen MR) is 155 cm³/mol. The Hall–Kier alpha value is -3.92. The number of benzene rings is 2. The van der Waals surface area contributed by atoms with E-state index >= 15 is 0 Å². The van der Waals surface area contributed by atoms with Gasteiger partial charge < -0.3 is 24.1 Å². The van der Waals surface area contributed by atoms with Gasteiger partial charge in [0.25, 0.3) is 0 Å². The number of furan rings is 1. The van der Waals surface area contributed by atoms with Crippen LogP contribution in [0.2, 0.25) is 0 Å². The topological polar surface area (TPSA) is 75.9 Å². The summed E-state index contributed by atoms with van der Waals surface area (Å²) < 4.78 is 18.5. The summed E-state index contributed by atoms with van der Waals surface area (Å²) in [5.41, 5.74) is 2.85. The summed E-state index contributed by atoms with van der Waals surface area (Å²) in [6, 6.07) is 22.0. The highest BCUT2D eigenvalue weighted by Gasteiger charge is 2.17. The standard InChI is InChI=1S/C30H31N5O3S/c1-34-12-14-35(15-13-34)18-25-10-11-27(38-25)28-17-26-29(39-28)30(32-20-31-26)33-22-4-3-5-24(16-22)37-19-21-6-8-23(36-2)9-7-21/h3-11,16-17,20H,12-15,18-19H2,1-2H3,(H,31,32,33). The molecule has 1 aliphatic heterocycles. The van der Waals surface area contributed by atoms with Crippen LogP contribution in [0.3, 0.4) is 0 Å². The number of likely N-dealkylation sites (N-methyl/N-ethyl adjacent to an activating group) is 1. The van der Waals surface area contributed by atoms with E-state index < -0.39 is 0 Å². The normalized spacial score (nSPS) is 14.5. The van der Waals surface area contributed by atoms with Crippen LogP contribution in [0, 0.1) is 0 Å². The van der Waals surface area contributed by atoms with Crippen LogP contribution in [-0.2, 0) is 13.2 Å². The summed E-state index contributed by atoms with van der Waals surface area (Å²) in [7, 11) is 3.83. The molecular formula is C30H31N5O3S. The largest absolute Gasteiger partial charge is 0.497 e. The van der Waals surface area contributed by atoms with Gasteiger partial charge in [-0.2, -0.15) is 0 Å². The molecule has 39 heavy (non-hydrogen) atoms. The fourth-order valence-electron chi connectivity index (χ4n) is 4.58. The third kappa shape index (κ3) is 6.06. The van der Waals surface area contributed by atoms with Crippen molar-refractivity contribution in [2.24, 2.45) is 0 Å². The number of rotatable bonds is 9. The molecule has 1 saturated heterocycles.